The Morgan fingerprint density at radius 3 is 1.94 bits per heavy atom. The van der Waals surface area contributed by atoms with Gasteiger partial charge in [-0.25, -0.2) is 17.6 Å². The van der Waals surface area contributed by atoms with Crippen molar-refractivity contribution in [2.45, 2.75) is 88.6 Å². The Morgan fingerprint density at radius 2 is 1.42 bits per heavy atom. The molecular formula is C38H47F4N7O4. The summed E-state index contributed by atoms with van der Waals surface area (Å²) in [6.07, 6.45) is -0.108. The second kappa shape index (κ2) is 15.5. The molecule has 286 valence electrons. The van der Waals surface area contributed by atoms with Gasteiger partial charge in [0.15, 0.2) is 0 Å². The summed E-state index contributed by atoms with van der Waals surface area (Å²) in [6, 6.07) is 5.58. The van der Waals surface area contributed by atoms with E-state index >= 15 is 8.78 Å². The van der Waals surface area contributed by atoms with Crippen molar-refractivity contribution >= 4 is 39.5 Å². The molecule has 2 saturated heterocycles. The summed E-state index contributed by atoms with van der Waals surface area (Å²) in [5.74, 6) is -5.41. The van der Waals surface area contributed by atoms with Gasteiger partial charge in [-0.1, -0.05) is 13.8 Å². The largest absolute Gasteiger partial charge is 0.391 e. The van der Waals surface area contributed by atoms with Gasteiger partial charge in [-0.15, -0.1) is 0 Å². The smallest absolute Gasteiger partial charge is 0.267 e. The first-order valence-electron chi connectivity index (χ1n) is 18.2. The van der Waals surface area contributed by atoms with E-state index in [-0.39, 0.29) is 38.3 Å². The first-order chi connectivity index (χ1) is 25.3. The van der Waals surface area contributed by atoms with E-state index in [0.717, 1.165) is 4.90 Å². The normalized spacial score (nSPS) is 21.1. The van der Waals surface area contributed by atoms with E-state index in [1.54, 1.807) is 38.1 Å². The molecule has 2 aliphatic heterocycles. The number of aliphatic hydroxyl groups is 1. The fourth-order valence-electron chi connectivity index (χ4n) is 8.12. The van der Waals surface area contributed by atoms with Gasteiger partial charge in [0.25, 0.3) is 5.92 Å². The third-order valence-electron chi connectivity index (χ3n) is 10.6. The summed E-state index contributed by atoms with van der Waals surface area (Å²) in [4.78, 5) is 49.2. The molecule has 3 amide bonds. The van der Waals surface area contributed by atoms with Crippen LogP contribution in [0.4, 0.5) is 17.6 Å². The molecule has 2 aliphatic rings. The summed E-state index contributed by atoms with van der Waals surface area (Å²) in [7, 11) is 3.29. The standard InChI is InChI=1S/C38H47F4N7O4/c1-5-29(44-4)36(52)48-18-24(50)13-22(48)14-27-25-9-7-20(39)11-31(25)46-34(27)35-28(26-10-8-21(40)12-32(26)47-35)15-23-16-38(41,42)19-49(23)37(53)30(6-2)45-33(51)17-43-3/h7-12,22-24,29-30,43-44,46-47,50H,5-6,13-19H2,1-4H3,(H,45,51). The molecule has 0 aliphatic carbocycles. The minimum Gasteiger partial charge on any atom is -0.391 e. The number of fused-ring (bicyclic) bond motifs is 2. The topological polar surface area (TPSA) is 146 Å². The lowest BCUT2D eigenvalue weighted by Gasteiger charge is -2.29. The van der Waals surface area contributed by atoms with Crippen LogP contribution in [0.5, 0.6) is 0 Å². The van der Waals surface area contributed by atoms with Gasteiger partial charge in [0.1, 0.15) is 17.7 Å². The second-order valence-electron chi connectivity index (χ2n) is 14.3. The lowest BCUT2D eigenvalue weighted by Crippen LogP contribution is -2.51. The molecular weight excluding hydrogens is 694 g/mol. The van der Waals surface area contributed by atoms with Crippen molar-refractivity contribution in [1.82, 2.24) is 35.7 Å². The molecule has 11 nitrogen and oxygen atoms in total. The zero-order valence-electron chi connectivity index (χ0n) is 30.3. The Hall–Kier alpha value is -4.47. The molecule has 4 heterocycles. The van der Waals surface area contributed by atoms with Crippen molar-refractivity contribution in [1.29, 1.82) is 0 Å². The summed E-state index contributed by atoms with van der Waals surface area (Å²) in [6.45, 7) is 2.87. The van der Waals surface area contributed by atoms with Gasteiger partial charge in [-0.05, 0) is 93.7 Å². The van der Waals surface area contributed by atoms with Gasteiger partial charge >= 0.3 is 0 Å². The van der Waals surface area contributed by atoms with Crippen molar-refractivity contribution < 1.29 is 37.1 Å². The molecule has 0 saturated carbocycles. The highest BCUT2D eigenvalue weighted by atomic mass is 19.3. The van der Waals surface area contributed by atoms with Crippen LogP contribution in [-0.4, -0.2) is 113 Å². The molecule has 15 heteroatoms. The molecule has 53 heavy (non-hydrogen) atoms. The van der Waals surface area contributed by atoms with Crippen LogP contribution in [0.15, 0.2) is 36.4 Å². The lowest BCUT2D eigenvalue weighted by molar-refractivity contribution is -0.138. The van der Waals surface area contributed by atoms with Crippen LogP contribution < -0.4 is 16.0 Å². The van der Waals surface area contributed by atoms with Crippen molar-refractivity contribution in [2.24, 2.45) is 0 Å². The van der Waals surface area contributed by atoms with Crippen LogP contribution in [0.1, 0.15) is 50.7 Å². The van der Waals surface area contributed by atoms with Crippen LogP contribution in [0.2, 0.25) is 0 Å². The Balaban J connectivity index is 1.44. The molecule has 2 aromatic heterocycles. The van der Waals surface area contributed by atoms with Crippen LogP contribution in [0.3, 0.4) is 0 Å². The minimum absolute atomic E-state index is 0.0422. The average molecular weight is 742 g/mol. The van der Waals surface area contributed by atoms with Crippen LogP contribution in [0, 0.1) is 11.6 Å². The number of rotatable bonds is 13. The first kappa shape index (κ1) is 38.3. The average Bonchev–Trinajstić information content (AvgIpc) is 3.85. The van der Waals surface area contributed by atoms with Gasteiger partial charge < -0.3 is 40.8 Å². The number of aromatic amines is 2. The van der Waals surface area contributed by atoms with E-state index in [2.05, 4.69) is 25.9 Å². The Bertz CT molecular complexity index is 1990. The highest BCUT2D eigenvalue weighted by Crippen LogP contribution is 2.41. The number of alkyl halides is 2. The number of carbonyl (C=O) groups excluding carboxylic acids is 3. The highest BCUT2D eigenvalue weighted by molar-refractivity contribution is 5.96. The summed E-state index contributed by atoms with van der Waals surface area (Å²) >= 11 is 0. The van der Waals surface area contributed by atoms with Crippen molar-refractivity contribution in [3.05, 3.63) is 59.2 Å². The third-order valence-corrected chi connectivity index (χ3v) is 10.6. The van der Waals surface area contributed by atoms with E-state index in [0.29, 0.717) is 57.2 Å². The van der Waals surface area contributed by atoms with Gasteiger partial charge in [0.2, 0.25) is 17.7 Å². The number of β-amino-alcohol motifs (C(OH)–C–C–N with tert-alkyl or cyclic N) is 1. The van der Waals surface area contributed by atoms with Crippen molar-refractivity contribution in [3.8, 4) is 11.4 Å². The number of benzene rings is 2. The van der Waals surface area contributed by atoms with Gasteiger partial charge in [0, 0.05) is 46.9 Å². The number of H-pyrrole nitrogens is 2. The number of nitrogens with one attached hydrogen (secondary N) is 5. The highest BCUT2D eigenvalue weighted by Gasteiger charge is 2.48. The molecule has 6 N–H and O–H groups in total. The SMILES string of the molecule is CCC(NC)C(=O)N1CC(O)CC1Cc1c(-c2[nH]c3cc(F)ccc3c2CC2CC(F)(F)CN2C(=O)C(CC)NC(=O)CNC)[nH]c2cc(F)ccc12. The lowest BCUT2D eigenvalue weighted by atomic mass is 9.94. The maximum absolute atomic E-state index is 15.2. The monoisotopic (exact) mass is 741 g/mol. The number of amides is 3. The van der Waals surface area contributed by atoms with E-state index < -0.39 is 72.6 Å². The van der Waals surface area contributed by atoms with Gasteiger partial charge in [-0.3, -0.25) is 14.4 Å². The quantitative estimate of drug-likeness (QED) is 0.114. The number of halogens is 4. The molecule has 4 aromatic rings. The van der Waals surface area contributed by atoms with Crippen molar-refractivity contribution in [2.75, 3.05) is 33.7 Å². The zero-order chi connectivity index (χ0) is 38.2. The molecule has 0 spiro atoms. The fraction of sp³-hybridized carbons (Fsp3) is 0.500. The minimum atomic E-state index is -3.20. The summed E-state index contributed by atoms with van der Waals surface area (Å²) < 4.78 is 59.8. The first-order valence-corrected chi connectivity index (χ1v) is 18.2. The Morgan fingerprint density at radius 1 is 0.868 bits per heavy atom. The van der Waals surface area contributed by atoms with Crippen molar-refractivity contribution in [3.63, 3.8) is 0 Å². The van der Waals surface area contributed by atoms with Crippen LogP contribution in [0.25, 0.3) is 33.2 Å². The maximum Gasteiger partial charge on any atom is 0.267 e. The fourth-order valence-corrected chi connectivity index (χ4v) is 8.12. The molecule has 0 bridgehead atoms. The van der Waals surface area contributed by atoms with E-state index in [1.165, 1.54) is 24.3 Å². The van der Waals surface area contributed by atoms with Crippen LogP contribution in [-0.2, 0) is 27.2 Å². The summed E-state index contributed by atoms with van der Waals surface area (Å²) in [5.41, 5.74) is 3.04. The van der Waals surface area contributed by atoms with E-state index in [1.807, 2.05) is 6.92 Å². The molecule has 2 fully saturated rings. The van der Waals surface area contributed by atoms with Gasteiger partial charge in [0.05, 0.1) is 36.6 Å². The number of likely N-dealkylation sites (N-methyl/N-ethyl adjacent to an activating group) is 2. The number of nitrogens with zero attached hydrogens (tertiary/aromatic N) is 2. The van der Waals surface area contributed by atoms with Crippen LogP contribution >= 0.6 is 0 Å². The number of carbonyl (C=O) groups is 3. The van der Waals surface area contributed by atoms with E-state index in [9.17, 15) is 28.3 Å². The molecule has 0 radical (unpaired) electrons. The third kappa shape index (κ3) is 7.78. The molecule has 6 rings (SSSR count). The second-order valence-corrected chi connectivity index (χ2v) is 14.3. The molecule has 5 atom stereocenters. The number of aromatic nitrogens is 2. The number of hydrogen-bond donors (Lipinski definition) is 6. The Kier molecular flexibility index (Phi) is 11.2. The number of aliphatic hydroxyl groups excluding tert-OH is 1. The van der Waals surface area contributed by atoms with Gasteiger partial charge in [-0.2, -0.15) is 0 Å². The number of likely N-dealkylation sites (tertiary alicyclic amines) is 2. The van der Waals surface area contributed by atoms with E-state index in [4.69, 9.17) is 0 Å². The molecule has 2 aromatic carbocycles. The number of hydrogen-bond acceptors (Lipinski definition) is 6. The predicted molar refractivity (Wildman–Crippen MR) is 193 cm³/mol. The maximum atomic E-state index is 15.2. The molecule has 5 unspecified atom stereocenters. The summed E-state index contributed by atoms with van der Waals surface area (Å²) in [5, 5.41) is 20.4. The zero-order valence-corrected chi connectivity index (χ0v) is 30.3. The predicted octanol–water partition coefficient (Wildman–Crippen LogP) is 3.99. The Labute approximate surface area is 304 Å².